The number of benzene rings is 1. The minimum absolute atomic E-state index is 0.532. The number of aromatic nitrogens is 2. The fraction of sp³-hybridized carbons (Fsp3) is 0.182. The third-order valence-corrected chi connectivity index (χ3v) is 3.11. The van der Waals surface area contributed by atoms with Gasteiger partial charge in [0.1, 0.15) is 11.6 Å². The molecule has 1 heterocycles. The van der Waals surface area contributed by atoms with E-state index in [0.29, 0.717) is 5.82 Å². The van der Waals surface area contributed by atoms with Gasteiger partial charge in [0.25, 0.3) is 0 Å². The van der Waals surface area contributed by atoms with Crippen LogP contribution in [0.5, 0.6) is 5.75 Å². The maximum Gasteiger partial charge on any atom is 0.130 e. The van der Waals surface area contributed by atoms with Crippen molar-refractivity contribution in [3.8, 4) is 16.9 Å². The van der Waals surface area contributed by atoms with Gasteiger partial charge in [0.15, 0.2) is 0 Å². The standard InChI is InChI=1S/C11H12BrN3O/c1-6-3-4-8(12)9(10(6)16-2)7-5-14-15-11(7)13/h3-5H,1-2H3,(H3,13,14,15). The normalized spacial score (nSPS) is 10.4. The third-order valence-electron chi connectivity index (χ3n) is 2.45. The number of nitrogens with one attached hydrogen (secondary N) is 1. The summed E-state index contributed by atoms with van der Waals surface area (Å²) in [5, 5.41) is 6.63. The third kappa shape index (κ3) is 1.67. The maximum atomic E-state index is 5.82. The Labute approximate surface area is 102 Å². The molecule has 2 rings (SSSR count). The van der Waals surface area contributed by atoms with Crippen LogP contribution in [0.15, 0.2) is 22.8 Å². The van der Waals surface area contributed by atoms with Gasteiger partial charge in [-0.2, -0.15) is 5.10 Å². The van der Waals surface area contributed by atoms with E-state index in [2.05, 4.69) is 26.1 Å². The van der Waals surface area contributed by atoms with Crippen molar-refractivity contribution in [1.29, 1.82) is 0 Å². The van der Waals surface area contributed by atoms with Crippen LogP contribution in [0.3, 0.4) is 0 Å². The van der Waals surface area contributed by atoms with Gasteiger partial charge in [0.2, 0.25) is 0 Å². The zero-order valence-corrected chi connectivity index (χ0v) is 10.6. The molecule has 0 aliphatic rings. The monoisotopic (exact) mass is 281 g/mol. The van der Waals surface area contributed by atoms with Crippen LogP contribution in [0.25, 0.3) is 11.1 Å². The summed E-state index contributed by atoms with van der Waals surface area (Å²) in [6.07, 6.45) is 1.69. The van der Waals surface area contributed by atoms with Crippen molar-refractivity contribution in [2.45, 2.75) is 6.92 Å². The summed E-state index contributed by atoms with van der Waals surface area (Å²) >= 11 is 3.50. The summed E-state index contributed by atoms with van der Waals surface area (Å²) in [7, 11) is 1.65. The zero-order chi connectivity index (χ0) is 11.7. The molecule has 5 heteroatoms. The SMILES string of the molecule is COc1c(C)ccc(Br)c1-c1cn[nH]c1N. The fourth-order valence-electron chi connectivity index (χ4n) is 1.67. The Hall–Kier alpha value is -1.49. The molecule has 4 nitrogen and oxygen atoms in total. The van der Waals surface area contributed by atoms with Crippen molar-refractivity contribution in [2.75, 3.05) is 12.8 Å². The van der Waals surface area contributed by atoms with Crippen molar-refractivity contribution in [1.82, 2.24) is 10.2 Å². The first-order chi connectivity index (χ1) is 7.65. The van der Waals surface area contributed by atoms with E-state index in [-0.39, 0.29) is 0 Å². The van der Waals surface area contributed by atoms with E-state index in [1.807, 2.05) is 19.1 Å². The van der Waals surface area contributed by atoms with Gasteiger partial charge in [0, 0.05) is 15.6 Å². The molecule has 0 aliphatic heterocycles. The summed E-state index contributed by atoms with van der Waals surface area (Å²) in [6, 6.07) is 3.96. The Balaban J connectivity index is 2.73. The van der Waals surface area contributed by atoms with E-state index >= 15 is 0 Å². The lowest BCUT2D eigenvalue weighted by atomic mass is 10.0. The van der Waals surface area contributed by atoms with Crippen LogP contribution in [0.4, 0.5) is 5.82 Å². The molecule has 0 fully saturated rings. The molecule has 16 heavy (non-hydrogen) atoms. The molecule has 3 N–H and O–H groups in total. The topological polar surface area (TPSA) is 63.9 Å². The second kappa shape index (κ2) is 4.17. The van der Waals surface area contributed by atoms with Crippen LogP contribution in [-0.2, 0) is 0 Å². The Morgan fingerprint density at radius 3 is 2.75 bits per heavy atom. The Morgan fingerprint density at radius 2 is 2.19 bits per heavy atom. The molecule has 0 amide bonds. The van der Waals surface area contributed by atoms with Gasteiger partial charge in [-0.15, -0.1) is 0 Å². The number of halogens is 1. The molecule has 0 saturated carbocycles. The number of rotatable bonds is 2. The summed E-state index contributed by atoms with van der Waals surface area (Å²) in [5.74, 6) is 1.34. The Morgan fingerprint density at radius 1 is 1.44 bits per heavy atom. The fourth-order valence-corrected chi connectivity index (χ4v) is 2.20. The molecule has 0 spiro atoms. The molecule has 0 bridgehead atoms. The maximum absolute atomic E-state index is 5.82. The Bertz CT molecular complexity index is 522. The predicted octanol–water partition coefficient (Wildman–Crippen LogP) is 2.74. The number of nitrogen functional groups attached to an aromatic ring is 1. The van der Waals surface area contributed by atoms with Gasteiger partial charge in [0.05, 0.1) is 13.3 Å². The molecule has 0 saturated heterocycles. The van der Waals surface area contributed by atoms with Gasteiger partial charge >= 0.3 is 0 Å². The predicted molar refractivity (Wildman–Crippen MR) is 67.4 cm³/mol. The highest BCUT2D eigenvalue weighted by Crippen LogP contribution is 2.40. The van der Waals surface area contributed by atoms with Gasteiger partial charge in [-0.05, 0) is 18.6 Å². The van der Waals surface area contributed by atoms with Gasteiger partial charge in [-0.25, -0.2) is 0 Å². The quantitative estimate of drug-likeness (QED) is 0.890. The summed E-state index contributed by atoms with van der Waals surface area (Å²) in [4.78, 5) is 0. The second-order valence-corrected chi connectivity index (χ2v) is 4.32. The number of H-pyrrole nitrogens is 1. The average Bonchev–Trinajstić information content (AvgIpc) is 2.67. The summed E-state index contributed by atoms with van der Waals surface area (Å²) in [6.45, 7) is 1.99. The number of methoxy groups -OCH3 is 1. The number of ether oxygens (including phenoxy) is 1. The molecule has 0 radical (unpaired) electrons. The molecule has 2 aromatic rings. The van der Waals surface area contributed by atoms with Crippen molar-refractivity contribution in [2.24, 2.45) is 0 Å². The van der Waals surface area contributed by atoms with E-state index in [0.717, 1.165) is 26.9 Å². The molecule has 0 atom stereocenters. The molecule has 1 aromatic carbocycles. The smallest absolute Gasteiger partial charge is 0.130 e. The van der Waals surface area contributed by atoms with Crippen LogP contribution >= 0.6 is 15.9 Å². The first kappa shape index (κ1) is 11.0. The number of aryl methyl sites for hydroxylation is 1. The minimum Gasteiger partial charge on any atom is -0.496 e. The number of hydrogen-bond acceptors (Lipinski definition) is 3. The summed E-state index contributed by atoms with van der Waals surface area (Å²) in [5.41, 5.74) is 8.64. The largest absolute Gasteiger partial charge is 0.496 e. The van der Waals surface area contributed by atoms with Gasteiger partial charge < -0.3 is 10.5 Å². The number of aromatic amines is 1. The molecule has 1 aromatic heterocycles. The zero-order valence-electron chi connectivity index (χ0n) is 9.04. The minimum atomic E-state index is 0.532. The first-order valence-electron chi connectivity index (χ1n) is 4.77. The van der Waals surface area contributed by atoms with E-state index in [1.165, 1.54) is 0 Å². The highest BCUT2D eigenvalue weighted by Gasteiger charge is 2.16. The lowest BCUT2D eigenvalue weighted by molar-refractivity contribution is 0.413. The van der Waals surface area contributed by atoms with Crippen LogP contribution in [0.1, 0.15) is 5.56 Å². The molecular formula is C11H12BrN3O. The van der Waals surface area contributed by atoms with Crippen LogP contribution < -0.4 is 10.5 Å². The van der Waals surface area contributed by atoms with Crippen LogP contribution in [0.2, 0.25) is 0 Å². The lowest BCUT2D eigenvalue weighted by Crippen LogP contribution is -1.94. The van der Waals surface area contributed by atoms with Crippen molar-refractivity contribution in [3.05, 3.63) is 28.4 Å². The second-order valence-electron chi connectivity index (χ2n) is 3.47. The van der Waals surface area contributed by atoms with Crippen LogP contribution in [-0.4, -0.2) is 17.3 Å². The number of hydrogen-bond donors (Lipinski definition) is 2. The molecular weight excluding hydrogens is 270 g/mol. The molecule has 84 valence electrons. The average molecular weight is 282 g/mol. The lowest BCUT2D eigenvalue weighted by Gasteiger charge is -2.12. The summed E-state index contributed by atoms with van der Waals surface area (Å²) < 4.78 is 6.34. The highest BCUT2D eigenvalue weighted by molar-refractivity contribution is 9.10. The van der Waals surface area contributed by atoms with E-state index in [4.69, 9.17) is 10.5 Å². The van der Waals surface area contributed by atoms with Crippen LogP contribution in [0, 0.1) is 6.92 Å². The van der Waals surface area contributed by atoms with Crippen molar-refractivity contribution < 1.29 is 4.74 Å². The number of nitrogens with two attached hydrogens (primary N) is 1. The Kier molecular flexibility index (Phi) is 2.87. The van der Waals surface area contributed by atoms with E-state index in [1.54, 1.807) is 13.3 Å². The highest BCUT2D eigenvalue weighted by atomic mass is 79.9. The van der Waals surface area contributed by atoms with Crippen molar-refractivity contribution in [3.63, 3.8) is 0 Å². The number of nitrogens with zero attached hydrogens (tertiary/aromatic N) is 1. The molecule has 0 unspecified atom stereocenters. The van der Waals surface area contributed by atoms with Gasteiger partial charge in [-0.3, -0.25) is 5.10 Å². The van der Waals surface area contributed by atoms with E-state index in [9.17, 15) is 0 Å². The molecule has 0 aliphatic carbocycles. The van der Waals surface area contributed by atoms with E-state index < -0.39 is 0 Å². The number of anilines is 1. The van der Waals surface area contributed by atoms with Gasteiger partial charge in [-0.1, -0.05) is 22.0 Å². The van der Waals surface area contributed by atoms with Crippen molar-refractivity contribution >= 4 is 21.7 Å². The first-order valence-corrected chi connectivity index (χ1v) is 5.56.